The third kappa shape index (κ3) is 2.80. The van der Waals surface area contributed by atoms with Crippen molar-refractivity contribution in [3.63, 3.8) is 0 Å². The Balaban J connectivity index is 2.34. The predicted molar refractivity (Wildman–Crippen MR) is 94.6 cm³/mol. The molecule has 2 aromatic rings. The molecule has 0 saturated heterocycles. The number of nitrogens with zero attached hydrogens (tertiary/aromatic N) is 3. The molecule has 1 aromatic heterocycles. The number of aryl methyl sites for hydroxylation is 2. The summed E-state index contributed by atoms with van der Waals surface area (Å²) in [5, 5.41) is 25.1. The van der Waals surface area contributed by atoms with Crippen molar-refractivity contribution in [2.75, 3.05) is 0 Å². The van der Waals surface area contributed by atoms with Gasteiger partial charge in [0.2, 0.25) is 11.8 Å². The molecule has 1 aromatic carbocycles. The Morgan fingerprint density at radius 2 is 2.16 bits per heavy atom. The summed E-state index contributed by atoms with van der Waals surface area (Å²) >= 11 is 12.2. The van der Waals surface area contributed by atoms with Gasteiger partial charge in [-0.25, -0.2) is 4.68 Å². The molecule has 0 radical (unpaired) electrons. The molecule has 0 bridgehead atoms. The van der Waals surface area contributed by atoms with Crippen LogP contribution in [0.4, 0.5) is 0 Å². The van der Waals surface area contributed by atoms with Crippen molar-refractivity contribution >= 4 is 23.2 Å². The lowest BCUT2D eigenvalue weighted by Crippen LogP contribution is -2.22. The minimum Gasteiger partial charge on any atom is -0.506 e. The summed E-state index contributed by atoms with van der Waals surface area (Å²) in [5.41, 5.74) is 8.01. The molecule has 2 heterocycles. The van der Waals surface area contributed by atoms with Crippen LogP contribution < -0.4 is 10.5 Å². The van der Waals surface area contributed by atoms with Gasteiger partial charge in [0.25, 0.3) is 0 Å². The van der Waals surface area contributed by atoms with Crippen molar-refractivity contribution in [1.82, 2.24) is 9.78 Å². The largest absolute Gasteiger partial charge is 0.506 e. The zero-order valence-electron chi connectivity index (χ0n) is 13.7. The quantitative estimate of drug-likeness (QED) is 0.849. The zero-order chi connectivity index (χ0) is 18.3. The van der Waals surface area contributed by atoms with Gasteiger partial charge in [-0.15, -0.1) is 0 Å². The highest BCUT2D eigenvalue weighted by atomic mass is 35.5. The molecule has 6 nitrogen and oxygen atoms in total. The number of nitrogens with two attached hydrogens (primary N) is 1. The Kier molecular flexibility index (Phi) is 4.55. The highest BCUT2D eigenvalue weighted by Gasteiger charge is 2.37. The van der Waals surface area contributed by atoms with Crippen molar-refractivity contribution in [3.8, 4) is 17.7 Å². The first-order chi connectivity index (χ1) is 11.9. The smallest absolute Gasteiger partial charge is 0.224 e. The fourth-order valence-corrected chi connectivity index (χ4v) is 3.60. The molecular formula is C17H16Cl2N4O2. The van der Waals surface area contributed by atoms with Gasteiger partial charge in [0.05, 0.1) is 22.2 Å². The van der Waals surface area contributed by atoms with Crippen molar-refractivity contribution in [2.45, 2.75) is 25.7 Å². The molecule has 1 aliphatic rings. The molecule has 130 valence electrons. The van der Waals surface area contributed by atoms with Crippen LogP contribution in [0.5, 0.6) is 11.6 Å². The Hall–Kier alpha value is -2.36. The summed E-state index contributed by atoms with van der Waals surface area (Å²) in [4.78, 5) is 0. The summed E-state index contributed by atoms with van der Waals surface area (Å²) in [6.07, 6.45) is 1.55. The standard InChI is InChI=1S/C17H16Cl2N4O2/c1-3-4-12-14-13(9-5-8(18)6-11(19)15(9)24)10(7-20)16(21)25-17(14)23(2)22-12/h5-6,13,24H,3-4,21H2,1-2H3. The number of nitriles is 1. The average molecular weight is 379 g/mol. The Labute approximate surface area is 155 Å². The Morgan fingerprint density at radius 1 is 1.44 bits per heavy atom. The monoisotopic (exact) mass is 378 g/mol. The normalized spacial score (nSPS) is 16.4. The SMILES string of the molecule is CCCc1nn(C)c2c1C(c1cc(Cl)cc(Cl)c1O)C(C#N)=C(N)O2. The van der Waals surface area contributed by atoms with Crippen LogP contribution in [0.3, 0.4) is 0 Å². The summed E-state index contributed by atoms with van der Waals surface area (Å²) in [7, 11) is 1.74. The number of allylic oxidation sites excluding steroid dienone is 1. The van der Waals surface area contributed by atoms with E-state index in [0.29, 0.717) is 28.5 Å². The number of aromatic hydroxyl groups is 1. The van der Waals surface area contributed by atoms with Gasteiger partial charge in [0.1, 0.15) is 17.4 Å². The second-order valence-corrected chi connectivity index (χ2v) is 6.63. The van der Waals surface area contributed by atoms with E-state index in [1.54, 1.807) is 17.8 Å². The molecule has 3 N–H and O–H groups in total. The maximum Gasteiger partial charge on any atom is 0.224 e. The maximum atomic E-state index is 10.5. The van der Waals surface area contributed by atoms with Crippen molar-refractivity contribution < 1.29 is 9.84 Å². The van der Waals surface area contributed by atoms with Crippen molar-refractivity contribution in [2.24, 2.45) is 12.8 Å². The molecule has 25 heavy (non-hydrogen) atoms. The molecule has 0 aliphatic carbocycles. The molecule has 1 unspecified atom stereocenters. The summed E-state index contributed by atoms with van der Waals surface area (Å²) in [6, 6.07) is 5.10. The average Bonchev–Trinajstić information content (AvgIpc) is 2.86. The number of hydrogen-bond donors (Lipinski definition) is 2. The van der Waals surface area contributed by atoms with Crippen LogP contribution in [0.25, 0.3) is 0 Å². The van der Waals surface area contributed by atoms with Gasteiger partial charge in [-0.1, -0.05) is 36.5 Å². The lowest BCUT2D eigenvalue weighted by molar-refractivity contribution is 0.357. The molecule has 0 amide bonds. The van der Waals surface area contributed by atoms with E-state index < -0.39 is 5.92 Å². The molecule has 8 heteroatoms. The first-order valence-corrected chi connectivity index (χ1v) is 8.45. The number of hydrogen-bond acceptors (Lipinski definition) is 5. The van der Waals surface area contributed by atoms with E-state index in [9.17, 15) is 10.4 Å². The fourth-order valence-electron chi connectivity index (χ4n) is 3.09. The molecule has 0 fully saturated rings. The highest BCUT2D eigenvalue weighted by Crippen LogP contribution is 2.48. The number of rotatable bonds is 3. The summed E-state index contributed by atoms with van der Waals surface area (Å²) in [6.45, 7) is 2.03. The van der Waals surface area contributed by atoms with Crippen LogP contribution in [0, 0.1) is 11.3 Å². The number of phenols is 1. The molecule has 3 rings (SSSR count). The number of ether oxygens (including phenoxy) is 1. The number of benzene rings is 1. The first kappa shape index (κ1) is 17.5. The van der Waals surface area contributed by atoms with Crippen LogP contribution in [0.1, 0.15) is 36.1 Å². The number of fused-ring (bicyclic) bond motifs is 1. The molecule has 0 saturated carbocycles. The summed E-state index contributed by atoms with van der Waals surface area (Å²) in [5.74, 6) is -0.377. The van der Waals surface area contributed by atoms with E-state index >= 15 is 0 Å². The Bertz CT molecular complexity index is 928. The molecule has 1 aliphatic heterocycles. The third-order valence-electron chi connectivity index (χ3n) is 4.13. The fraction of sp³-hybridized carbons (Fsp3) is 0.294. The van der Waals surface area contributed by atoms with Crippen LogP contribution >= 0.6 is 23.2 Å². The summed E-state index contributed by atoms with van der Waals surface area (Å²) < 4.78 is 7.21. The van der Waals surface area contributed by atoms with E-state index in [2.05, 4.69) is 11.2 Å². The Morgan fingerprint density at radius 3 is 2.80 bits per heavy atom. The lowest BCUT2D eigenvalue weighted by atomic mass is 9.83. The maximum absolute atomic E-state index is 10.5. The van der Waals surface area contributed by atoms with Crippen LogP contribution in [-0.4, -0.2) is 14.9 Å². The van der Waals surface area contributed by atoms with Crippen LogP contribution in [0.15, 0.2) is 23.6 Å². The van der Waals surface area contributed by atoms with E-state index in [1.165, 1.54) is 6.07 Å². The number of aromatic nitrogens is 2. The zero-order valence-corrected chi connectivity index (χ0v) is 15.2. The predicted octanol–water partition coefficient (Wildman–Crippen LogP) is 3.60. The minimum atomic E-state index is -0.653. The van der Waals surface area contributed by atoms with E-state index in [1.807, 2.05) is 6.92 Å². The van der Waals surface area contributed by atoms with Crippen molar-refractivity contribution in [1.29, 1.82) is 5.26 Å². The van der Waals surface area contributed by atoms with Gasteiger partial charge in [-0.2, -0.15) is 10.4 Å². The van der Waals surface area contributed by atoms with Gasteiger partial charge in [0, 0.05) is 17.6 Å². The van der Waals surface area contributed by atoms with E-state index in [0.717, 1.165) is 12.1 Å². The van der Waals surface area contributed by atoms with E-state index in [4.69, 9.17) is 33.7 Å². The van der Waals surface area contributed by atoms with Crippen molar-refractivity contribution in [3.05, 3.63) is 50.5 Å². The van der Waals surface area contributed by atoms with Crippen LogP contribution in [0.2, 0.25) is 10.0 Å². The number of phenolic OH excluding ortho intramolecular Hbond substituents is 1. The highest BCUT2D eigenvalue weighted by molar-refractivity contribution is 6.35. The third-order valence-corrected chi connectivity index (χ3v) is 4.64. The van der Waals surface area contributed by atoms with Gasteiger partial charge in [0.15, 0.2) is 0 Å². The lowest BCUT2D eigenvalue weighted by Gasteiger charge is -2.25. The topological polar surface area (TPSA) is 97.1 Å². The van der Waals surface area contributed by atoms with E-state index in [-0.39, 0.29) is 22.2 Å². The van der Waals surface area contributed by atoms with Gasteiger partial charge in [-0.05, 0) is 18.6 Å². The van der Waals surface area contributed by atoms with Gasteiger partial charge < -0.3 is 15.6 Å². The van der Waals surface area contributed by atoms with Gasteiger partial charge in [-0.3, -0.25) is 0 Å². The minimum absolute atomic E-state index is 0.0263. The second-order valence-electron chi connectivity index (χ2n) is 5.79. The first-order valence-electron chi connectivity index (χ1n) is 7.70. The molecule has 0 spiro atoms. The van der Waals surface area contributed by atoms with Crippen LogP contribution in [-0.2, 0) is 13.5 Å². The van der Waals surface area contributed by atoms with Gasteiger partial charge >= 0.3 is 0 Å². The molecule has 1 atom stereocenters. The second kappa shape index (κ2) is 6.51. The number of halogens is 2. The molecular weight excluding hydrogens is 363 g/mol.